The van der Waals surface area contributed by atoms with Crippen LogP contribution in [-0.2, 0) is 11.3 Å². The van der Waals surface area contributed by atoms with E-state index in [9.17, 15) is 9.90 Å². The van der Waals surface area contributed by atoms with Crippen molar-refractivity contribution in [2.75, 3.05) is 0 Å². The molecular weight excluding hydrogens is 324 g/mol. The van der Waals surface area contributed by atoms with Gasteiger partial charge in [-0.25, -0.2) is 4.68 Å². The highest BCUT2D eigenvalue weighted by atomic mass is 79.9. The Kier molecular flexibility index (Phi) is 3.29. The van der Waals surface area contributed by atoms with E-state index in [-0.39, 0.29) is 0 Å². The van der Waals surface area contributed by atoms with Crippen molar-refractivity contribution in [3.05, 3.63) is 28.7 Å². The van der Waals surface area contributed by atoms with E-state index >= 15 is 0 Å². The molecule has 0 amide bonds. The zero-order valence-electron chi connectivity index (χ0n) is 10.7. The Morgan fingerprint density at radius 2 is 2.15 bits per heavy atom. The number of nitrogens with zero attached hydrogens (tertiary/aromatic N) is 4. The van der Waals surface area contributed by atoms with Crippen molar-refractivity contribution in [1.29, 1.82) is 0 Å². The van der Waals surface area contributed by atoms with Crippen LogP contribution >= 0.6 is 15.9 Å². The molecule has 1 saturated carbocycles. The SMILES string of the molecule is O=C(O)C1(Cn2nnnc2-c2ccccc2Br)CCC1. The van der Waals surface area contributed by atoms with Gasteiger partial charge in [-0.1, -0.05) is 34.5 Å². The third kappa shape index (κ3) is 2.11. The van der Waals surface area contributed by atoms with Gasteiger partial charge in [0.15, 0.2) is 5.82 Å². The average Bonchev–Trinajstić information content (AvgIpc) is 2.81. The molecule has 1 fully saturated rings. The van der Waals surface area contributed by atoms with Gasteiger partial charge < -0.3 is 5.11 Å². The second kappa shape index (κ2) is 4.97. The van der Waals surface area contributed by atoms with Gasteiger partial charge >= 0.3 is 5.97 Å². The molecule has 0 radical (unpaired) electrons. The summed E-state index contributed by atoms with van der Waals surface area (Å²) in [7, 11) is 0. The summed E-state index contributed by atoms with van der Waals surface area (Å²) in [5.74, 6) is -0.178. The number of benzene rings is 1. The predicted molar refractivity (Wildman–Crippen MR) is 74.9 cm³/mol. The maximum absolute atomic E-state index is 11.5. The van der Waals surface area contributed by atoms with Crippen LogP contribution in [0.1, 0.15) is 19.3 Å². The maximum Gasteiger partial charge on any atom is 0.311 e. The highest BCUT2D eigenvalue weighted by Crippen LogP contribution is 2.43. The summed E-state index contributed by atoms with van der Waals surface area (Å²) in [5, 5.41) is 21.1. The largest absolute Gasteiger partial charge is 0.481 e. The first kappa shape index (κ1) is 13.2. The van der Waals surface area contributed by atoms with Crippen molar-refractivity contribution >= 4 is 21.9 Å². The lowest BCUT2D eigenvalue weighted by atomic mass is 9.69. The molecular formula is C13H13BrN4O2. The molecule has 0 atom stereocenters. The van der Waals surface area contributed by atoms with E-state index in [0.717, 1.165) is 16.5 Å². The average molecular weight is 337 g/mol. The number of carbonyl (C=O) groups is 1. The molecule has 1 aromatic carbocycles. The molecule has 2 aromatic rings. The number of halogens is 1. The number of hydrogen-bond donors (Lipinski definition) is 1. The minimum absolute atomic E-state index is 0.312. The minimum atomic E-state index is -0.766. The van der Waals surface area contributed by atoms with Gasteiger partial charge in [-0.15, -0.1) is 5.10 Å². The van der Waals surface area contributed by atoms with Gasteiger partial charge in [-0.2, -0.15) is 0 Å². The third-order valence-corrected chi connectivity index (χ3v) is 4.55. The Hall–Kier alpha value is -1.76. The van der Waals surface area contributed by atoms with Crippen LogP contribution < -0.4 is 0 Å². The lowest BCUT2D eigenvalue weighted by Gasteiger charge is -2.37. The van der Waals surface area contributed by atoms with Crippen molar-refractivity contribution in [2.24, 2.45) is 5.41 Å². The standard InChI is InChI=1S/C13H13BrN4O2/c14-10-5-2-1-4-9(10)11-15-16-17-18(11)8-13(12(19)20)6-3-7-13/h1-2,4-5H,3,6-8H2,(H,19,20). The molecule has 20 heavy (non-hydrogen) atoms. The van der Waals surface area contributed by atoms with E-state index in [1.165, 1.54) is 0 Å². The minimum Gasteiger partial charge on any atom is -0.481 e. The highest BCUT2D eigenvalue weighted by molar-refractivity contribution is 9.10. The van der Waals surface area contributed by atoms with E-state index in [1.54, 1.807) is 4.68 Å². The zero-order valence-corrected chi connectivity index (χ0v) is 12.2. The van der Waals surface area contributed by atoms with Crippen molar-refractivity contribution in [3.63, 3.8) is 0 Å². The van der Waals surface area contributed by atoms with Crippen molar-refractivity contribution in [3.8, 4) is 11.4 Å². The Morgan fingerprint density at radius 3 is 2.75 bits per heavy atom. The summed E-state index contributed by atoms with van der Waals surface area (Å²) in [6, 6.07) is 7.62. The first-order valence-corrected chi connectivity index (χ1v) is 7.16. The summed E-state index contributed by atoms with van der Waals surface area (Å²) in [6.45, 7) is 0.312. The first-order valence-electron chi connectivity index (χ1n) is 6.37. The highest BCUT2D eigenvalue weighted by Gasteiger charge is 2.45. The molecule has 7 heteroatoms. The lowest BCUT2D eigenvalue weighted by Crippen LogP contribution is -2.42. The predicted octanol–water partition coefficient (Wildman–Crippen LogP) is 2.36. The number of tetrazole rings is 1. The summed E-state index contributed by atoms with van der Waals surface area (Å²) in [6.07, 6.45) is 2.30. The molecule has 0 spiro atoms. The Balaban J connectivity index is 1.95. The molecule has 6 nitrogen and oxygen atoms in total. The molecule has 0 saturated heterocycles. The zero-order chi connectivity index (χ0) is 14.2. The molecule has 1 aliphatic rings. The van der Waals surface area contributed by atoms with E-state index in [1.807, 2.05) is 24.3 Å². The molecule has 0 unspecified atom stereocenters. The number of aliphatic carboxylic acids is 1. The molecule has 1 aliphatic carbocycles. The van der Waals surface area contributed by atoms with Gasteiger partial charge in [-0.05, 0) is 35.4 Å². The summed E-state index contributed by atoms with van der Waals surface area (Å²) < 4.78 is 2.47. The molecule has 1 heterocycles. The number of carboxylic acids is 1. The number of carboxylic acid groups (broad SMARTS) is 1. The van der Waals surface area contributed by atoms with Crippen molar-refractivity contribution < 1.29 is 9.90 Å². The van der Waals surface area contributed by atoms with Crippen LogP contribution in [0.25, 0.3) is 11.4 Å². The lowest BCUT2D eigenvalue weighted by molar-refractivity contribution is -0.156. The molecule has 0 aliphatic heterocycles. The number of hydrogen-bond acceptors (Lipinski definition) is 4. The quantitative estimate of drug-likeness (QED) is 0.926. The fraction of sp³-hybridized carbons (Fsp3) is 0.385. The summed E-state index contributed by atoms with van der Waals surface area (Å²) in [5.41, 5.74) is 0.142. The Labute approximate surface area is 123 Å². The molecule has 1 aromatic heterocycles. The van der Waals surface area contributed by atoms with Crippen LogP contribution in [0.2, 0.25) is 0 Å². The summed E-state index contributed by atoms with van der Waals surface area (Å²) >= 11 is 3.47. The second-order valence-electron chi connectivity index (χ2n) is 5.08. The number of aromatic nitrogens is 4. The molecule has 104 valence electrons. The molecule has 0 bridgehead atoms. The van der Waals surface area contributed by atoms with Crippen LogP contribution in [0, 0.1) is 5.41 Å². The Bertz CT molecular complexity index is 651. The fourth-order valence-corrected chi connectivity index (χ4v) is 2.94. The van der Waals surface area contributed by atoms with Crippen molar-refractivity contribution in [2.45, 2.75) is 25.8 Å². The monoisotopic (exact) mass is 336 g/mol. The topological polar surface area (TPSA) is 80.9 Å². The van der Waals surface area contributed by atoms with Crippen LogP contribution in [0.4, 0.5) is 0 Å². The van der Waals surface area contributed by atoms with Crippen LogP contribution in [0.5, 0.6) is 0 Å². The van der Waals surface area contributed by atoms with Gasteiger partial charge in [0.25, 0.3) is 0 Å². The van der Waals surface area contributed by atoms with Gasteiger partial charge in [0.2, 0.25) is 0 Å². The van der Waals surface area contributed by atoms with E-state index in [4.69, 9.17) is 0 Å². The van der Waals surface area contributed by atoms with Crippen LogP contribution in [0.15, 0.2) is 28.7 Å². The van der Waals surface area contributed by atoms with E-state index in [0.29, 0.717) is 25.2 Å². The smallest absolute Gasteiger partial charge is 0.311 e. The first-order chi connectivity index (χ1) is 9.62. The van der Waals surface area contributed by atoms with Gasteiger partial charge in [0.1, 0.15) is 0 Å². The molecule has 3 rings (SSSR count). The Morgan fingerprint density at radius 1 is 1.40 bits per heavy atom. The number of rotatable bonds is 4. The van der Waals surface area contributed by atoms with Gasteiger partial charge in [0.05, 0.1) is 12.0 Å². The van der Waals surface area contributed by atoms with E-state index < -0.39 is 11.4 Å². The maximum atomic E-state index is 11.5. The van der Waals surface area contributed by atoms with Crippen LogP contribution in [0.3, 0.4) is 0 Å². The second-order valence-corrected chi connectivity index (χ2v) is 5.93. The van der Waals surface area contributed by atoms with E-state index in [2.05, 4.69) is 31.5 Å². The summed E-state index contributed by atoms with van der Waals surface area (Å²) in [4.78, 5) is 11.5. The van der Waals surface area contributed by atoms with Gasteiger partial charge in [-0.3, -0.25) is 4.79 Å². The van der Waals surface area contributed by atoms with Crippen molar-refractivity contribution in [1.82, 2.24) is 20.2 Å². The normalized spacial score (nSPS) is 16.6. The van der Waals surface area contributed by atoms with Crippen LogP contribution in [-0.4, -0.2) is 31.3 Å². The molecule has 1 N–H and O–H groups in total. The third-order valence-electron chi connectivity index (χ3n) is 3.86. The van der Waals surface area contributed by atoms with Gasteiger partial charge in [0, 0.05) is 10.0 Å². The fourth-order valence-electron chi connectivity index (χ4n) is 2.48.